The molecule has 0 radical (unpaired) electrons. The van der Waals surface area contributed by atoms with Crippen LogP contribution in [0.2, 0.25) is 0 Å². The summed E-state index contributed by atoms with van der Waals surface area (Å²) in [6.07, 6.45) is 0. The van der Waals surface area contributed by atoms with Crippen molar-refractivity contribution in [3.05, 3.63) is 330 Å². The highest BCUT2D eigenvalue weighted by molar-refractivity contribution is 7.91. The van der Waals surface area contributed by atoms with Crippen LogP contribution < -0.4 is 18.9 Å². The van der Waals surface area contributed by atoms with E-state index in [1.165, 1.54) is 42.5 Å². The van der Waals surface area contributed by atoms with E-state index in [1.54, 1.807) is 109 Å². The second kappa shape index (κ2) is 25.8. The van der Waals surface area contributed by atoms with Gasteiger partial charge in [0.15, 0.2) is 17.3 Å². The van der Waals surface area contributed by atoms with Gasteiger partial charge in [-0.25, -0.2) is 8.42 Å². The standard InChI is InChI=1S/C77H54O12S2/c1-50-6-9-57(10-7-50)75(78)59-23-35-66(36-24-59)86-62-27-15-52(16-28-62)54-19-31-64(32-20-54)88-68-39-43-70(44-40-68)90(81,82)71-45-41-69(42-46-71)89-65-33-21-55(22-34-65)53-17-29-63(30-18-53)87-67-37-25-60(26-38-67)76(79)58-13-11-56(12-14-58)73-47-8-51(2)48-74(73)77(80)61-4-3-5-72(49-61)91(83,84)85/h3-49H,1-2H3,(H,83,84,85). The van der Waals surface area contributed by atoms with Gasteiger partial charge < -0.3 is 18.9 Å². The number of aryl methyl sites for hydroxylation is 2. The molecule has 0 aliphatic carbocycles. The molecule has 0 fully saturated rings. The van der Waals surface area contributed by atoms with Gasteiger partial charge in [0.25, 0.3) is 10.1 Å². The molecule has 12 rings (SSSR count). The van der Waals surface area contributed by atoms with Gasteiger partial charge in [0.05, 0.1) is 14.7 Å². The first-order valence-electron chi connectivity index (χ1n) is 28.7. The van der Waals surface area contributed by atoms with Crippen molar-refractivity contribution in [3.63, 3.8) is 0 Å². The van der Waals surface area contributed by atoms with Crippen molar-refractivity contribution in [2.24, 2.45) is 0 Å². The molecule has 0 saturated heterocycles. The van der Waals surface area contributed by atoms with Gasteiger partial charge in [-0.05, 0) is 211 Å². The molecule has 12 aromatic rings. The lowest BCUT2D eigenvalue weighted by Crippen LogP contribution is -2.07. The van der Waals surface area contributed by atoms with E-state index < -0.39 is 25.7 Å². The fourth-order valence-electron chi connectivity index (χ4n) is 10.2. The Kier molecular flexibility index (Phi) is 17.0. The number of carbonyl (C=O) groups excluding carboxylic acids is 3. The van der Waals surface area contributed by atoms with Crippen molar-refractivity contribution in [2.45, 2.75) is 28.5 Å². The predicted octanol–water partition coefficient (Wildman–Crippen LogP) is 18.2. The summed E-state index contributed by atoms with van der Waals surface area (Å²) in [6.45, 7) is 3.83. The molecule has 0 aliphatic rings. The highest BCUT2D eigenvalue weighted by atomic mass is 32.2. The van der Waals surface area contributed by atoms with E-state index >= 15 is 0 Å². The van der Waals surface area contributed by atoms with Crippen molar-refractivity contribution < 1.29 is 54.7 Å². The van der Waals surface area contributed by atoms with Gasteiger partial charge >= 0.3 is 0 Å². The number of carbonyl (C=O) groups is 3. The first kappa shape index (κ1) is 60.0. The lowest BCUT2D eigenvalue weighted by Gasteiger charge is -2.12. The summed E-state index contributed by atoms with van der Waals surface area (Å²) in [6, 6.07) is 81.9. The third-order valence-electron chi connectivity index (χ3n) is 15.1. The Morgan fingerprint density at radius 1 is 0.286 bits per heavy atom. The summed E-state index contributed by atoms with van der Waals surface area (Å²) in [5, 5.41) is 0. The minimum absolute atomic E-state index is 0.0448. The molecule has 0 heterocycles. The van der Waals surface area contributed by atoms with Crippen LogP contribution in [0.3, 0.4) is 0 Å². The molecule has 0 saturated carbocycles. The fraction of sp³-hybridized carbons (Fsp3) is 0.0260. The quantitative estimate of drug-likeness (QED) is 0.0565. The summed E-state index contributed by atoms with van der Waals surface area (Å²) >= 11 is 0. The maximum Gasteiger partial charge on any atom is 0.294 e. The van der Waals surface area contributed by atoms with Gasteiger partial charge in [0, 0.05) is 33.4 Å². The van der Waals surface area contributed by atoms with Crippen molar-refractivity contribution in [2.75, 3.05) is 0 Å². The van der Waals surface area contributed by atoms with Crippen LogP contribution in [0, 0.1) is 13.8 Å². The summed E-state index contributed by atoms with van der Waals surface area (Å²) in [5.41, 5.74) is 9.56. The van der Waals surface area contributed by atoms with Crippen LogP contribution in [0.5, 0.6) is 46.0 Å². The number of ketones is 3. The van der Waals surface area contributed by atoms with Crippen LogP contribution in [-0.4, -0.2) is 38.7 Å². The molecule has 14 heteroatoms. The molecule has 91 heavy (non-hydrogen) atoms. The molecular weight excluding hydrogens is 1180 g/mol. The average Bonchev–Trinajstić information content (AvgIpc) is 1.13. The minimum Gasteiger partial charge on any atom is -0.457 e. The van der Waals surface area contributed by atoms with E-state index in [9.17, 15) is 35.8 Å². The van der Waals surface area contributed by atoms with Crippen LogP contribution >= 0.6 is 0 Å². The van der Waals surface area contributed by atoms with E-state index in [2.05, 4.69) is 0 Å². The Balaban J connectivity index is 0.600. The Morgan fingerprint density at radius 2 is 0.582 bits per heavy atom. The average molecular weight is 1240 g/mol. The molecule has 12 nitrogen and oxygen atoms in total. The summed E-state index contributed by atoms with van der Waals surface area (Å²) in [5.74, 6) is 3.81. The number of hydrogen-bond donors (Lipinski definition) is 1. The molecule has 12 aromatic carbocycles. The number of ether oxygens (including phenoxy) is 4. The van der Waals surface area contributed by atoms with Crippen LogP contribution in [-0.2, 0) is 20.0 Å². The third kappa shape index (κ3) is 14.0. The number of benzene rings is 12. The monoisotopic (exact) mass is 1230 g/mol. The molecule has 446 valence electrons. The third-order valence-corrected chi connectivity index (χ3v) is 17.7. The predicted molar refractivity (Wildman–Crippen MR) is 350 cm³/mol. The highest BCUT2D eigenvalue weighted by Gasteiger charge is 2.21. The van der Waals surface area contributed by atoms with Crippen LogP contribution in [0.1, 0.15) is 58.9 Å². The molecule has 0 aromatic heterocycles. The molecule has 0 amide bonds. The van der Waals surface area contributed by atoms with Gasteiger partial charge in [0.2, 0.25) is 9.84 Å². The van der Waals surface area contributed by atoms with Crippen molar-refractivity contribution in [1.82, 2.24) is 0 Å². The molecule has 0 aliphatic heterocycles. The topological polar surface area (TPSA) is 177 Å². The van der Waals surface area contributed by atoms with E-state index in [0.717, 1.165) is 39.4 Å². The van der Waals surface area contributed by atoms with Crippen LogP contribution in [0.25, 0.3) is 33.4 Å². The molecular formula is C77H54O12S2. The zero-order chi connectivity index (χ0) is 63.2. The van der Waals surface area contributed by atoms with Crippen LogP contribution in [0.4, 0.5) is 0 Å². The van der Waals surface area contributed by atoms with Crippen molar-refractivity contribution in [1.29, 1.82) is 0 Å². The normalized spacial score (nSPS) is 11.3. The Morgan fingerprint density at radius 3 is 0.934 bits per heavy atom. The Hall–Kier alpha value is -11.3. The van der Waals surface area contributed by atoms with Gasteiger partial charge in [-0.3, -0.25) is 18.9 Å². The maximum absolute atomic E-state index is 13.7. The molecule has 0 bridgehead atoms. The summed E-state index contributed by atoms with van der Waals surface area (Å²) in [4.78, 5) is 40.0. The van der Waals surface area contributed by atoms with E-state index in [0.29, 0.717) is 84.9 Å². The molecule has 0 spiro atoms. The number of hydrogen-bond acceptors (Lipinski definition) is 11. The molecule has 0 unspecified atom stereocenters. The lowest BCUT2D eigenvalue weighted by atomic mass is 9.91. The zero-order valence-electron chi connectivity index (χ0n) is 48.9. The second-order valence-electron chi connectivity index (χ2n) is 21.5. The van der Waals surface area contributed by atoms with E-state index in [1.807, 2.05) is 141 Å². The minimum atomic E-state index is -4.51. The number of rotatable bonds is 20. The van der Waals surface area contributed by atoms with Crippen LogP contribution in [0.15, 0.2) is 300 Å². The first-order valence-corrected chi connectivity index (χ1v) is 31.7. The highest BCUT2D eigenvalue weighted by Crippen LogP contribution is 2.35. The van der Waals surface area contributed by atoms with E-state index in [-0.39, 0.29) is 31.8 Å². The van der Waals surface area contributed by atoms with Gasteiger partial charge in [-0.2, -0.15) is 8.42 Å². The Bertz CT molecular complexity index is 4880. The molecule has 1 N–H and O–H groups in total. The summed E-state index contributed by atoms with van der Waals surface area (Å²) in [7, 11) is -8.37. The second-order valence-corrected chi connectivity index (χ2v) is 24.9. The largest absolute Gasteiger partial charge is 0.457 e. The Labute approximate surface area is 526 Å². The van der Waals surface area contributed by atoms with Crippen molar-refractivity contribution >= 4 is 37.3 Å². The maximum atomic E-state index is 13.7. The van der Waals surface area contributed by atoms with Gasteiger partial charge in [-0.15, -0.1) is 0 Å². The van der Waals surface area contributed by atoms with Gasteiger partial charge in [-0.1, -0.05) is 132 Å². The smallest absolute Gasteiger partial charge is 0.294 e. The SMILES string of the molecule is Cc1ccc(C(=O)c2ccc(Oc3ccc(-c4ccc(Oc5ccc(S(=O)(=O)c6ccc(Oc7ccc(-c8ccc(Oc9ccc(C(=O)c%10ccc(-c%11ccc(C)cc%11C(=O)c%11cccc(S(=O)(=O)O)c%11)cc%10)cc9)cc8)cc7)cc6)cc5)cc4)cc3)cc2)cc1. The lowest BCUT2D eigenvalue weighted by molar-refractivity contribution is 0.103. The zero-order valence-corrected chi connectivity index (χ0v) is 50.5. The van der Waals surface area contributed by atoms with E-state index in [4.69, 9.17) is 18.9 Å². The van der Waals surface area contributed by atoms with Crippen molar-refractivity contribution in [3.8, 4) is 79.4 Å². The summed E-state index contributed by atoms with van der Waals surface area (Å²) < 4.78 is 84.8. The molecule has 0 atom stereocenters. The fourth-order valence-corrected chi connectivity index (χ4v) is 11.9. The first-order chi connectivity index (χ1) is 43.9. The van der Waals surface area contributed by atoms with Gasteiger partial charge in [0.1, 0.15) is 46.0 Å². The number of sulfone groups is 1.